The molecule has 0 saturated carbocycles. The number of hydrogen-bond acceptors (Lipinski definition) is 5. The van der Waals surface area contributed by atoms with Crippen molar-refractivity contribution in [3.05, 3.63) is 77.9 Å². The van der Waals surface area contributed by atoms with Crippen molar-refractivity contribution in [2.45, 2.75) is 12.7 Å². The molecule has 0 aliphatic heterocycles. The number of alkyl halides is 3. The summed E-state index contributed by atoms with van der Waals surface area (Å²) in [6.07, 6.45) is -1.39. The molecule has 0 atom stereocenters. The van der Waals surface area contributed by atoms with E-state index in [1.54, 1.807) is 18.3 Å². The van der Waals surface area contributed by atoms with Gasteiger partial charge in [-0.15, -0.1) is 0 Å². The molecule has 0 saturated heterocycles. The minimum Gasteiger partial charge on any atom is -0.345 e. The molecule has 1 aromatic carbocycles. The van der Waals surface area contributed by atoms with Gasteiger partial charge in [-0.05, 0) is 42.5 Å². The number of nitrogens with one attached hydrogen (secondary N) is 2. The van der Waals surface area contributed by atoms with Crippen molar-refractivity contribution in [2.24, 2.45) is 0 Å². The van der Waals surface area contributed by atoms with Crippen LogP contribution >= 0.6 is 0 Å². The monoisotopic (exact) mass is 373 g/mol. The number of carbonyl (C=O) groups excluding carboxylic acids is 1. The highest BCUT2D eigenvalue weighted by molar-refractivity contribution is 5.92. The molecule has 0 fully saturated rings. The van der Waals surface area contributed by atoms with Crippen LogP contribution in [0.5, 0.6) is 0 Å². The van der Waals surface area contributed by atoms with E-state index in [9.17, 15) is 18.0 Å². The Labute approximate surface area is 152 Å². The van der Waals surface area contributed by atoms with Crippen molar-refractivity contribution in [2.75, 3.05) is 5.32 Å². The molecule has 3 aromatic rings. The van der Waals surface area contributed by atoms with Crippen LogP contribution in [-0.4, -0.2) is 20.9 Å². The first-order chi connectivity index (χ1) is 12.9. The lowest BCUT2D eigenvalue weighted by atomic mass is 10.2. The van der Waals surface area contributed by atoms with Crippen LogP contribution in [0.2, 0.25) is 0 Å². The average Bonchev–Trinajstić information content (AvgIpc) is 2.67. The normalized spacial score (nSPS) is 11.1. The summed E-state index contributed by atoms with van der Waals surface area (Å²) in [6.45, 7) is 0.241. The Bertz CT molecular complexity index is 914. The van der Waals surface area contributed by atoms with Gasteiger partial charge in [0.25, 0.3) is 5.91 Å². The maximum absolute atomic E-state index is 12.6. The topological polar surface area (TPSA) is 79.8 Å². The van der Waals surface area contributed by atoms with Crippen molar-refractivity contribution in [1.29, 1.82) is 0 Å². The fraction of sp³-hybridized carbons (Fsp3) is 0.111. The van der Waals surface area contributed by atoms with Gasteiger partial charge in [-0.25, -0.2) is 9.97 Å². The van der Waals surface area contributed by atoms with E-state index in [4.69, 9.17) is 0 Å². The van der Waals surface area contributed by atoms with Gasteiger partial charge in [0, 0.05) is 18.1 Å². The zero-order chi connectivity index (χ0) is 19.3. The average molecular weight is 373 g/mol. The third kappa shape index (κ3) is 5.00. The van der Waals surface area contributed by atoms with Crippen LogP contribution in [0.1, 0.15) is 21.7 Å². The summed E-state index contributed by atoms with van der Waals surface area (Å²) in [5, 5.41) is 5.46. The van der Waals surface area contributed by atoms with Crippen LogP contribution in [0, 0.1) is 0 Å². The standard InChI is InChI=1S/C18H14F3N5O/c19-18(20,21)12-4-6-13(7-5-12)25-17-23-10-8-15(26-17)16(27)24-11-14-3-1-2-9-22-14/h1-10H,11H2,(H,24,27)(H,23,25,26). The molecule has 0 spiro atoms. The maximum Gasteiger partial charge on any atom is 0.416 e. The Balaban J connectivity index is 1.65. The van der Waals surface area contributed by atoms with Crippen molar-refractivity contribution >= 4 is 17.5 Å². The molecule has 27 heavy (non-hydrogen) atoms. The van der Waals surface area contributed by atoms with Gasteiger partial charge < -0.3 is 10.6 Å². The quantitative estimate of drug-likeness (QED) is 0.715. The zero-order valence-corrected chi connectivity index (χ0v) is 13.9. The Morgan fingerprint density at radius 1 is 0.963 bits per heavy atom. The number of carbonyl (C=O) groups is 1. The molecule has 0 radical (unpaired) electrons. The highest BCUT2D eigenvalue weighted by Crippen LogP contribution is 2.30. The van der Waals surface area contributed by atoms with Gasteiger partial charge in [0.2, 0.25) is 5.95 Å². The second-order valence-electron chi connectivity index (χ2n) is 5.47. The number of aromatic nitrogens is 3. The number of nitrogens with zero attached hydrogens (tertiary/aromatic N) is 3. The van der Waals surface area contributed by atoms with Crippen molar-refractivity contribution < 1.29 is 18.0 Å². The fourth-order valence-electron chi connectivity index (χ4n) is 2.18. The first-order valence-electron chi connectivity index (χ1n) is 7.87. The lowest BCUT2D eigenvalue weighted by molar-refractivity contribution is -0.137. The number of amides is 1. The van der Waals surface area contributed by atoms with E-state index < -0.39 is 17.6 Å². The van der Waals surface area contributed by atoms with Crippen LogP contribution in [0.3, 0.4) is 0 Å². The molecule has 2 aromatic heterocycles. The van der Waals surface area contributed by atoms with Gasteiger partial charge in [0.1, 0.15) is 5.69 Å². The number of anilines is 2. The number of halogens is 3. The van der Waals surface area contributed by atoms with Crippen LogP contribution in [0.25, 0.3) is 0 Å². The molecule has 9 heteroatoms. The minimum absolute atomic E-state index is 0.0974. The molecule has 138 valence electrons. The maximum atomic E-state index is 12.6. The Kier molecular flexibility index (Phi) is 5.30. The zero-order valence-electron chi connectivity index (χ0n) is 13.9. The van der Waals surface area contributed by atoms with Crippen LogP contribution in [0.15, 0.2) is 60.9 Å². The fourth-order valence-corrected chi connectivity index (χ4v) is 2.18. The summed E-state index contributed by atoms with van der Waals surface area (Å²) in [4.78, 5) is 24.3. The van der Waals surface area contributed by atoms with Crippen molar-refractivity contribution in [1.82, 2.24) is 20.3 Å². The number of benzene rings is 1. The molecule has 2 N–H and O–H groups in total. The van der Waals surface area contributed by atoms with Gasteiger partial charge in [0.05, 0.1) is 17.8 Å². The Morgan fingerprint density at radius 2 is 1.74 bits per heavy atom. The highest BCUT2D eigenvalue weighted by atomic mass is 19.4. The second-order valence-corrected chi connectivity index (χ2v) is 5.47. The predicted molar refractivity (Wildman–Crippen MR) is 92.2 cm³/mol. The SMILES string of the molecule is O=C(NCc1ccccn1)c1ccnc(Nc2ccc(C(F)(F)F)cc2)n1. The second kappa shape index (κ2) is 7.81. The predicted octanol–water partition coefficient (Wildman–Crippen LogP) is 3.56. The molecule has 0 bridgehead atoms. The van der Waals surface area contributed by atoms with Crippen LogP contribution in [0.4, 0.5) is 24.8 Å². The molecular weight excluding hydrogens is 359 g/mol. The molecule has 1 amide bonds. The molecule has 0 aliphatic carbocycles. The summed E-state index contributed by atoms with van der Waals surface area (Å²) >= 11 is 0. The Morgan fingerprint density at radius 3 is 2.41 bits per heavy atom. The molecule has 0 aliphatic rings. The van der Waals surface area contributed by atoms with Crippen molar-refractivity contribution in [3.63, 3.8) is 0 Å². The Hall–Kier alpha value is -3.49. The summed E-state index contributed by atoms with van der Waals surface area (Å²) in [5.41, 5.74) is 0.434. The van der Waals surface area contributed by atoms with Gasteiger partial charge in [0.15, 0.2) is 0 Å². The lowest BCUT2D eigenvalue weighted by Crippen LogP contribution is -2.24. The lowest BCUT2D eigenvalue weighted by Gasteiger charge is -2.09. The van der Waals surface area contributed by atoms with Crippen molar-refractivity contribution in [3.8, 4) is 0 Å². The molecule has 0 unspecified atom stereocenters. The van der Waals surface area contributed by atoms with Gasteiger partial charge in [-0.3, -0.25) is 9.78 Å². The third-order valence-corrected chi connectivity index (χ3v) is 3.51. The molecule has 3 rings (SSSR count). The van der Waals surface area contributed by atoms with E-state index in [1.807, 2.05) is 6.07 Å². The number of hydrogen-bond donors (Lipinski definition) is 2. The van der Waals surface area contributed by atoms with E-state index >= 15 is 0 Å². The largest absolute Gasteiger partial charge is 0.416 e. The van der Waals surface area contributed by atoms with E-state index in [1.165, 1.54) is 24.4 Å². The van der Waals surface area contributed by atoms with Gasteiger partial charge in [-0.1, -0.05) is 6.07 Å². The van der Waals surface area contributed by atoms with E-state index in [0.717, 1.165) is 12.1 Å². The van der Waals surface area contributed by atoms with E-state index in [2.05, 4.69) is 25.6 Å². The first-order valence-corrected chi connectivity index (χ1v) is 7.87. The number of rotatable bonds is 5. The number of pyridine rings is 1. The first kappa shape index (κ1) is 18.3. The van der Waals surface area contributed by atoms with E-state index in [-0.39, 0.29) is 18.2 Å². The third-order valence-electron chi connectivity index (χ3n) is 3.51. The summed E-state index contributed by atoms with van der Waals surface area (Å²) < 4.78 is 37.8. The summed E-state index contributed by atoms with van der Waals surface area (Å²) in [7, 11) is 0. The summed E-state index contributed by atoms with van der Waals surface area (Å²) in [6, 6.07) is 11.2. The molecule has 2 heterocycles. The van der Waals surface area contributed by atoms with Gasteiger partial charge in [-0.2, -0.15) is 13.2 Å². The van der Waals surface area contributed by atoms with Crippen LogP contribution < -0.4 is 10.6 Å². The molecule has 6 nitrogen and oxygen atoms in total. The van der Waals surface area contributed by atoms with E-state index in [0.29, 0.717) is 11.4 Å². The highest BCUT2D eigenvalue weighted by Gasteiger charge is 2.29. The molecular formula is C18H14F3N5O. The van der Waals surface area contributed by atoms with Crippen LogP contribution in [-0.2, 0) is 12.7 Å². The summed E-state index contributed by atoms with van der Waals surface area (Å²) in [5.74, 6) is -0.321. The van der Waals surface area contributed by atoms with Gasteiger partial charge >= 0.3 is 6.18 Å². The smallest absolute Gasteiger partial charge is 0.345 e. The minimum atomic E-state index is -4.40.